The topological polar surface area (TPSA) is 77.2 Å². The Kier molecular flexibility index (Phi) is 5.77. The van der Waals surface area contributed by atoms with Crippen LogP contribution in [-0.2, 0) is 4.79 Å². The first-order valence-corrected chi connectivity index (χ1v) is 9.65. The molecule has 0 saturated heterocycles. The van der Waals surface area contributed by atoms with Crippen LogP contribution in [0.3, 0.4) is 0 Å². The number of carbonyl (C=O) groups is 1. The van der Waals surface area contributed by atoms with Crippen LogP contribution in [-0.4, -0.2) is 22.7 Å². The number of hydrogen-bond donors (Lipinski definition) is 1. The number of anilines is 1. The second-order valence-electron chi connectivity index (χ2n) is 6.58. The number of rotatable bonds is 6. The fraction of sp³-hybridized carbons (Fsp3) is 0.0870. The molecule has 4 aromatic rings. The van der Waals surface area contributed by atoms with Crippen molar-refractivity contribution in [1.82, 2.24) is 10.1 Å². The predicted molar refractivity (Wildman–Crippen MR) is 115 cm³/mol. The van der Waals surface area contributed by atoms with Crippen molar-refractivity contribution in [2.24, 2.45) is 0 Å². The van der Waals surface area contributed by atoms with Crippen molar-refractivity contribution in [3.63, 3.8) is 0 Å². The van der Waals surface area contributed by atoms with Crippen molar-refractivity contribution >= 4 is 23.2 Å². The summed E-state index contributed by atoms with van der Waals surface area (Å²) in [5.41, 5.74) is 3.07. The molecule has 6 nitrogen and oxygen atoms in total. The second kappa shape index (κ2) is 8.80. The summed E-state index contributed by atoms with van der Waals surface area (Å²) in [5, 5.41) is 7.47. The van der Waals surface area contributed by atoms with E-state index in [4.69, 9.17) is 20.9 Å². The van der Waals surface area contributed by atoms with E-state index in [1.807, 2.05) is 55.5 Å². The molecule has 0 unspecified atom stereocenters. The van der Waals surface area contributed by atoms with Crippen molar-refractivity contribution < 1.29 is 14.1 Å². The van der Waals surface area contributed by atoms with Gasteiger partial charge in [-0.25, -0.2) is 0 Å². The van der Waals surface area contributed by atoms with Gasteiger partial charge in [0.15, 0.2) is 6.61 Å². The standard InChI is InChI=1S/C23H18ClN3O3/c1-15-7-2-4-11-19(15)25-21(28)14-29-20-12-5-3-10-18(20)22-26-23(30-27-22)16-8-6-9-17(24)13-16/h2-13H,14H2,1H3,(H,25,28). The monoisotopic (exact) mass is 419 g/mol. The Bertz CT molecular complexity index is 1190. The lowest BCUT2D eigenvalue weighted by Crippen LogP contribution is -2.20. The summed E-state index contributed by atoms with van der Waals surface area (Å²) in [6.45, 7) is 1.78. The Hall–Kier alpha value is -3.64. The number of aromatic nitrogens is 2. The lowest BCUT2D eigenvalue weighted by molar-refractivity contribution is -0.118. The molecule has 0 aliphatic carbocycles. The second-order valence-corrected chi connectivity index (χ2v) is 7.02. The van der Waals surface area contributed by atoms with E-state index < -0.39 is 0 Å². The summed E-state index contributed by atoms with van der Waals surface area (Å²) in [6.07, 6.45) is 0. The normalized spacial score (nSPS) is 10.6. The largest absolute Gasteiger partial charge is 0.483 e. The first-order valence-electron chi connectivity index (χ1n) is 9.27. The van der Waals surface area contributed by atoms with Gasteiger partial charge in [-0.3, -0.25) is 4.79 Å². The molecule has 0 aliphatic heterocycles. The van der Waals surface area contributed by atoms with E-state index in [9.17, 15) is 4.79 Å². The minimum absolute atomic E-state index is 0.148. The van der Waals surface area contributed by atoms with Gasteiger partial charge >= 0.3 is 0 Å². The molecule has 0 bridgehead atoms. The number of aryl methyl sites for hydroxylation is 1. The quantitative estimate of drug-likeness (QED) is 0.453. The van der Waals surface area contributed by atoms with E-state index in [0.29, 0.717) is 28.1 Å². The number of ether oxygens (including phenoxy) is 1. The van der Waals surface area contributed by atoms with Gasteiger partial charge in [-0.1, -0.05) is 53.2 Å². The molecule has 0 aliphatic rings. The number of nitrogens with zero attached hydrogens (tertiary/aromatic N) is 2. The molecular formula is C23H18ClN3O3. The number of nitrogens with one attached hydrogen (secondary N) is 1. The zero-order chi connectivity index (χ0) is 20.9. The summed E-state index contributed by atoms with van der Waals surface area (Å²) >= 11 is 6.03. The van der Waals surface area contributed by atoms with E-state index in [2.05, 4.69) is 15.5 Å². The fourth-order valence-electron chi connectivity index (χ4n) is 2.89. The summed E-state index contributed by atoms with van der Waals surface area (Å²) in [5.74, 6) is 0.933. The third-order valence-electron chi connectivity index (χ3n) is 4.40. The van der Waals surface area contributed by atoms with Gasteiger partial charge in [0.05, 0.1) is 5.56 Å². The molecule has 3 aromatic carbocycles. The molecule has 4 rings (SSSR count). The molecule has 1 heterocycles. The van der Waals surface area contributed by atoms with E-state index in [1.165, 1.54) is 0 Å². The Morgan fingerprint density at radius 3 is 2.70 bits per heavy atom. The molecule has 0 atom stereocenters. The van der Waals surface area contributed by atoms with Crippen LogP contribution in [0.15, 0.2) is 77.3 Å². The number of carbonyl (C=O) groups excluding carboxylic acids is 1. The summed E-state index contributed by atoms with van der Waals surface area (Å²) < 4.78 is 11.1. The summed E-state index contributed by atoms with van der Waals surface area (Å²) in [4.78, 5) is 16.8. The van der Waals surface area contributed by atoms with Crippen molar-refractivity contribution in [2.75, 3.05) is 11.9 Å². The maximum atomic E-state index is 12.3. The molecule has 0 radical (unpaired) electrons. The van der Waals surface area contributed by atoms with Crippen molar-refractivity contribution in [3.8, 4) is 28.6 Å². The lowest BCUT2D eigenvalue weighted by atomic mass is 10.2. The highest BCUT2D eigenvalue weighted by Crippen LogP contribution is 2.30. The predicted octanol–water partition coefficient (Wildman–Crippen LogP) is 5.38. The third-order valence-corrected chi connectivity index (χ3v) is 4.64. The van der Waals surface area contributed by atoms with Crippen LogP contribution in [0.4, 0.5) is 5.69 Å². The van der Waals surface area contributed by atoms with Gasteiger partial charge in [-0.15, -0.1) is 0 Å². The minimum Gasteiger partial charge on any atom is -0.483 e. The van der Waals surface area contributed by atoms with Crippen LogP contribution in [0.2, 0.25) is 5.02 Å². The maximum Gasteiger partial charge on any atom is 0.262 e. The van der Waals surface area contributed by atoms with Crippen LogP contribution >= 0.6 is 11.6 Å². The average molecular weight is 420 g/mol. The number of para-hydroxylation sites is 2. The number of halogens is 1. The molecule has 30 heavy (non-hydrogen) atoms. The zero-order valence-electron chi connectivity index (χ0n) is 16.1. The molecule has 1 aromatic heterocycles. The van der Waals surface area contributed by atoms with Gasteiger partial charge in [0.1, 0.15) is 5.75 Å². The Morgan fingerprint density at radius 2 is 1.87 bits per heavy atom. The highest BCUT2D eigenvalue weighted by atomic mass is 35.5. The Labute approximate surface area is 178 Å². The zero-order valence-corrected chi connectivity index (χ0v) is 16.9. The molecule has 0 spiro atoms. The molecule has 0 saturated carbocycles. The van der Waals surface area contributed by atoms with Gasteiger partial charge in [0.25, 0.3) is 11.8 Å². The van der Waals surface area contributed by atoms with Gasteiger partial charge in [-0.2, -0.15) is 4.98 Å². The van der Waals surface area contributed by atoms with Gasteiger partial charge in [-0.05, 0) is 48.9 Å². The van der Waals surface area contributed by atoms with Gasteiger partial charge in [0.2, 0.25) is 5.82 Å². The molecule has 1 amide bonds. The Morgan fingerprint density at radius 1 is 1.07 bits per heavy atom. The number of hydrogen-bond acceptors (Lipinski definition) is 5. The number of benzene rings is 3. The molecule has 150 valence electrons. The van der Waals surface area contributed by atoms with Crippen LogP contribution < -0.4 is 10.1 Å². The van der Waals surface area contributed by atoms with Gasteiger partial charge < -0.3 is 14.6 Å². The lowest BCUT2D eigenvalue weighted by Gasteiger charge is -2.11. The molecule has 1 N–H and O–H groups in total. The Balaban J connectivity index is 1.49. The van der Waals surface area contributed by atoms with E-state index in [-0.39, 0.29) is 12.5 Å². The highest BCUT2D eigenvalue weighted by molar-refractivity contribution is 6.30. The first kappa shape index (κ1) is 19.7. The van der Waals surface area contributed by atoms with Crippen LogP contribution in [0.25, 0.3) is 22.8 Å². The number of amides is 1. The summed E-state index contributed by atoms with van der Waals surface area (Å²) in [6, 6.07) is 21.9. The molecule has 0 fully saturated rings. The highest BCUT2D eigenvalue weighted by Gasteiger charge is 2.15. The summed E-state index contributed by atoms with van der Waals surface area (Å²) in [7, 11) is 0. The fourth-order valence-corrected chi connectivity index (χ4v) is 3.08. The van der Waals surface area contributed by atoms with E-state index in [1.54, 1.807) is 24.3 Å². The average Bonchev–Trinajstić information content (AvgIpc) is 3.24. The minimum atomic E-state index is -0.258. The third kappa shape index (κ3) is 4.50. The SMILES string of the molecule is Cc1ccccc1NC(=O)COc1ccccc1-c1noc(-c2cccc(Cl)c2)n1. The maximum absolute atomic E-state index is 12.3. The molecule has 7 heteroatoms. The van der Waals surface area contributed by atoms with Crippen LogP contribution in [0.1, 0.15) is 5.56 Å². The molecular weight excluding hydrogens is 402 g/mol. The van der Waals surface area contributed by atoms with Gasteiger partial charge in [0, 0.05) is 16.3 Å². The van der Waals surface area contributed by atoms with Crippen molar-refractivity contribution in [2.45, 2.75) is 6.92 Å². The first-order chi connectivity index (χ1) is 14.6. The smallest absolute Gasteiger partial charge is 0.262 e. The van der Waals surface area contributed by atoms with E-state index >= 15 is 0 Å². The van der Waals surface area contributed by atoms with Crippen molar-refractivity contribution in [3.05, 3.63) is 83.4 Å². The van der Waals surface area contributed by atoms with E-state index in [0.717, 1.165) is 16.8 Å². The van der Waals surface area contributed by atoms with Crippen molar-refractivity contribution in [1.29, 1.82) is 0 Å². The van der Waals surface area contributed by atoms with Crippen LogP contribution in [0, 0.1) is 6.92 Å². The van der Waals surface area contributed by atoms with Crippen LogP contribution in [0.5, 0.6) is 5.75 Å².